The number of esters is 1. The van der Waals surface area contributed by atoms with Gasteiger partial charge in [0.2, 0.25) is 10.9 Å². The minimum atomic E-state index is -3.30. The second kappa shape index (κ2) is 9.92. The molecule has 0 aliphatic heterocycles. The fourth-order valence-corrected chi connectivity index (χ4v) is 10.4. The van der Waals surface area contributed by atoms with Gasteiger partial charge in [0, 0.05) is 11.7 Å². The van der Waals surface area contributed by atoms with E-state index in [0.29, 0.717) is 25.7 Å². The summed E-state index contributed by atoms with van der Waals surface area (Å²) in [7, 11) is -3.30. The van der Waals surface area contributed by atoms with Crippen LogP contribution in [0.2, 0.25) is 0 Å². The van der Waals surface area contributed by atoms with E-state index >= 15 is 0 Å². The molecule has 44 heavy (non-hydrogen) atoms. The van der Waals surface area contributed by atoms with Gasteiger partial charge in [0.05, 0.1) is 34.8 Å². The van der Waals surface area contributed by atoms with Crippen molar-refractivity contribution in [3.05, 3.63) is 71.4 Å². The van der Waals surface area contributed by atoms with Crippen molar-refractivity contribution in [2.75, 3.05) is 6.26 Å². The molecule has 0 radical (unpaired) electrons. The van der Waals surface area contributed by atoms with E-state index in [-0.39, 0.29) is 33.8 Å². The number of nitrogens with zero attached hydrogens (tertiary/aromatic N) is 2. The van der Waals surface area contributed by atoms with Crippen LogP contribution in [0.3, 0.4) is 0 Å². The number of thiol groups is 1. The van der Waals surface area contributed by atoms with Crippen molar-refractivity contribution in [1.29, 1.82) is 0 Å². The number of allylic oxidation sites excluding steroid dienone is 1. The van der Waals surface area contributed by atoms with Gasteiger partial charge in [0.15, 0.2) is 15.4 Å². The summed E-state index contributed by atoms with van der Waals surface area (Å²) in [6.07, 6.45) is 9.70. The maximum atomic E-state index is 13.2. The van der Waals surface area contributed by atoms with Crippen LogP contribution in [0.25, 0.3) is 11.8 Å². The smallest absolute Gasteiger partial charge is 0.375 e. The van der Waals surface area contributed by atoms with Crippen molar-refractivity contribution in [3.8, 4) is 5.69 Å². The Morgan fingerprint density at radius 2 is 1.91 bits per heavy atom. The summed E-state index contributed by atoms with van der Waals surface area (Å²) < 4.78 is 37.0. The van der Waals surface area contributed by atoms with Crippen molar-refractivity contribution in [2.24, 2.45) is 28.6 Å². The summed E-state index contributed by atoms with van der Waals surface area (Å²) >= 11 is 4.27. The maximum Gasteiger partial charge on any atom is 0.375 e. The van der Waals surface area contributed by atoms with Gasteiger partial charge in [-0.15, -0.1) is 12.6 Å². The van der Waals surface area contributed by atoms with Gasteiger partial charge in [-0.25, -0.2) is 17.9 Å². The molecular formula is C33H36N2O7S2. The van der Waals surface area contributed by atoms with Gasteiger partial charge in [0.1, 0.15) is 0 Å². The van der Waals surface area contributed by atoms with Crippen LogP contribution >= 0.6 is 12.6 Å². The van der Waals surface area contributed by atoms with Crippen LogP contribution in [-0.2, 0) is 25.8 Å². The van der Waals surface area contributed by atoms with Gasteiger partial charge in [-0.3, -0.25) is 4.79 Å². The largest absolute Gasteiger partial charge is 0.457 e. The lowest BCUT2D eigenvalue weighted by Crippen LogP contribution is -2.62. The Hall–Kier alpha value is -3.15. The molecule has 4 aliphatic rings. The average molecular weight is 637 g/mol. The zero-order valence-electron chi connectivity index (χ0n) is 24.9. The first-order valence-corrected chi connectivity index (χ1v) is 17.4. The molecule has 11 heteroatoms. The van der Waals surface area contributed by atoms with E-state index in [2.05, 4.69) is 30.7 Å². The third kappa shape index (κ3) is 4.15. The summed E-state index contributed by atoms with van der Waals surface area (Å²) in [4.78, 5) is 26.6. The van der Waals surface area contributed by atoms with Crippen LogP contribution in [-0.4, -0.2) is 52.4 Å². The van der Waals surface area contributed by atoms with Crippen molar-refractivity contribution in [3.63, 3.8) is 0 Å². The number of hydrogen-bond donors (Lipinski definition) is 2. The van der Waals surface area contributed by atoms with Gasteiger partial charge in [-0.05, 0) is 110 Å². The highest BCUT2D eigenvalue weighted by molar-refractivity contribution is 7.96. The first kappa shape index (κ1) is 29.6. The Morgan fingerprint density at radius 3 is 2.57 bits per heavy atom. The van der Waals surface area contributed by atoms with E-state index in [4.69, 9.17) is 9.15 Å². The molecule has 3 fully saturated rings. The zero-order valence-corrected chi connectivity index (χ0v) is 26.6. The van der Waals surface area contributed by atoms with Crippen LogP contribution in [0.15, 0.2) is 63.7 Å². The lowest BCUT2D eigenvalue weighted by atomic mass is 9.45. The summed E-state index contributed by atoms with van der Waals surface area (Å²) in [5, 5.41) is 16.2. The highest BCUT2D eigenvalue weighted by atomic mass is 32.2. The number of furan rings is 1. The monoisotopic (exact) mass is 636 g/mol. The average Bonchev–Trinajstić information content (AvgIpc) is 3.70. The van der Waals surface area contributed by atoms with E-state index < -0.39 is 38.0 Å². The molecule has 0 spiro atoms. The molecule has 4 aliphatic carbocycles. The van der Waals surface area contributed by atoms with Crippen molar-refractivity contribution in [1.82, 2.24) is 9.78 Å². The van der Waals surface area contributed by atoms with Crippen LogP contribution in [0.5, 0.6) is 0 Å². The Balaban J connectivity index is 1.20. The lowest BCUT2D eigenvalue weighted by molar-refractivity contribution is -0.174. The van der Waals surface area contributed by atoms with E-state index in [0.717, 1.165) is 29.8 Å². The second-order valence-electron chi connectivity index (χ2n) is 13.6. The van der Waals surface area contributed by atoms with Gasteiger partial charge >= 0.3 is 5.97 Å². The van der Waals surface area contributed by atoms with Crippen LogP contribution < -0.4 is 0 Å². The Bertz CT molecular complexity index is 1790. The number of aromatic nitrogens is 2. The summed E-state index contributed by atoms with van der Waals surface area (Å²) in [5.41, 5.74) is 1.54. The lowest BCUT2D eigenvalue weighted by Gasteiger charge is -2.60. The van der Waals surface area contributed by atoms with Crippen molar-refractivity contribution < 1.29 is 32.3 Å². The number of sulfone groups is 1. The predicted molar refractivity (Wildman–Crippen MR) is 165 cm³/mol. The molecule has 0 bridgehead atoms. The fraction of sp³-hybridized carbons (Fsp3) is 0.485. The molecular weight excluding hydrogens is 601 g/mol. The molecule has 2 heterocycles. The number of ether oxygens (including phenoxy) is 1. The number of fused-ring (bicyclic) bond motifs is 6. The number of benzene rings is 1. The van der Waals surface area contributed by atoms with E-state index in [1.54, 1.807) is 30.3 Å². The van der Waals surface area contributed by atoms with Gasteiger partial charge < -0.3 is 14.3 Å². The molecule has 232 valence electrons. The first-order chi connectivity index (χ1) is 20.8. The van der Waals surface area contributed by atoms with Crippen LogP contribution in [0, 0.1) is 28.6 Å². The highest BCUT2D eigenvalue weighted by Gasteiger charge is 2.70. The standard InChI is InChI=1S/C33H36N2O7S2/c1-31-16-19-18-34-35(21-7-9-22(10-8-21)44(3,39)40)25(19)15-20(31)6-11-23-24-12-13-33(30(38)43,32(24,2)17-26(36)28(23)31)42-29(37)27-5-4-14-41-27/h4-5,7-10,14-15,18,23-24,26,28,36H,6,11-13,16-17H2,1-3H3,(H,38,43)/t23-,24-,26-,28+,31-,32-,33-/m0/s1. The predicted octanol–water partition coefficient (Wildman–Crippen LogP) is 5.07. The molecule has 1 N–H and O–H groups in total. The Morgan fingerprint density at radius 1 is 1.16 bits per heavy atom. The van der Waals surface area contributed by atoms with Crippen LogP contribution in [0.4, 0.5) is 0 Å². The quantitative estimate of drug-likeness (QED) is 0.293. The van der Waals surface area contributed by atoms with E-state index in [9.17, 15) is 23.1 Å². The third-order valence-electron chi connectivity index (χ3n) is 11.4. The number of hydrogen-bond acceptors (Lipinski definition) is 8. The van der Waals surface area contributed by atoms with Gasteiger partial charge in [-0.1, -0.05) is 19.4 Å². The number of aliphatic hydroxyl groups is 1. The normalized spacial score (nSPS) is 34.2. The topological polar surface area (TPSA) is 129 Å². The van der Waals surface area contributed by atoms with E-state index in [1.807, 2.05) is 17.8 Å². The molecule has 9 nitrogen and oxygen atoms in total. The maximum absolute atomic E-state index is 13.2. The van der Waals surface area contributed by atoms with Gasteiger partial charge in [-0.2, -0.15) is 5.10 Å². The SMILES string of the molecule is C[C@]12Cc3cnn(-c4ccc(S(C)(=O)=O)cc4)c3C=C1CC[C@@H]1[C@@H]2[C@@H](O)C[C@@]2(C)[C@H]1CC[C@]2(OC(=O)c1ccco1)C(=O)S. The number of carbonyl (C=O) groups is 2. The van der Waals surface area contributed by atoms with Crippen LogP contribution in [0.1, 0.15) is 67.8 Å². The van der Waals surface area contributed by atoms with E-state index in [1.165, 1.54) is 24.2 Å². The molecule has 1 aromatic carbocycles. The molecule has 3 aromatic rings. The highest BCUT2D eigenvalue weighted by Crippen LogP contribution is 2.68. The third-order valence-corrected chi connectivity index (χ3v) is 12.9. The number of rotatable bonds is 5. The first-order valence-electron chi connectivity index (χ1n) is 15.1. The molecule has 3 saturated carbocycles. The summed E-state index contributed by atoms with van der Waals surface area (Å²) in [6.45, 7) is 4.23. The number of aliphatic hydroxyl groups excluding tert-OH is 1. The van der Waals surface area contributed by atoms with Gasteiger partial charge in [0.25, 0.3) is 0 Å². The zero-order chi connectivity index (χ0) is 31.2. The Labute approximate surface area is 262 Å². The molecule has 0 saturated heterocycles. The minimum Gasteiger partial charge on any atom is -0.457 e. The summed E-state index contributed by atoms with van der Waals surface area (Å²) in [6, 6.07) is 9.85. The molecule has 0 amide bonds. The fourth-order valence-electron chi connectivity index (χ4n) is 9.38. The summed E-state index contributed by atoms with van der Waals surface area (Å²) in [5.74, 6) is -0.516. The number of carbonyl (C=O) groups excluding carboxylic acids is 2. The minimum absolute atomic E-state index is 0.0325. The molecule has 0 unspecified atom stereocenters. The molecule has 7 rings (SSSR count). The molecule has 7 atom stereocenters. The Kier molecular flexibility index (Phi) is 6.67. The molecule has 2 aromatic heterocycles. The van der Waals surface area contributed by atoms with Crippen molar-refractivity contribution in [2.45, 2.75) is 69.0 Å². The second-order valence-corrected chi connectivity index (χ2v) is 16.0. The van der Waals surface area contributed by atoms with Crippen molar-refractivity contribution >= 4 is 39.6 Å².